The highest BCUT2D eigenvalue weighted by molar-refractivity contribution is 6.47. The molecule has 0 bridgehead atoms. The molecule has 0 aliphatic heterocycles. The quantitative estimate of drug-likeness (QED) is 0.693. The number of ketones is 1. The maximum Gasteiger partial charge on any atom is 0.296 e. The number of hydrogen-bond acceptors (Lipinski definition) is 3. The standard InChI is InChI=1S/C16H19N3O2/c1-5-12-6-8-13(9-7-12)17-16(21)15(20)14-10(2)18-19(4)11(14)3/h6-9H,5H2,1-4H3,(H,17,21). The summed E-state index contributed by atoms with van der Waals surface area (Å²) in [7, 11) is 1.75. The number of carbonyl (C=O) groups excluding carboxylic acids is 2. The summed E-state index contributed by atoms with van der Waals surface area (Å²) in [6.45, 7) is 5.56. The smallest absolute Gasteiger partial charge is 0.296 e. The molecule has 0 radical (unpaired) electrons. The maximum atomic E-state index is 12.3. The lowest BCUT2D eigenvalue weighted by Crippen LogP contribution is -2.24. The van der Waals surface area contributed by atoms with Crippen molar-refractivity contribution in [2.45, 2.75) is 27.2 Å². The summed E-state index contributed by atoms with van der Waals surface area (Å²) >= 11 is 0. The van der Waals surface area contributed by atoms with Gasteiger partial charge in [0.05, 0.1) is 11.3 Å². The predicted octanol–water partition coefficient (Wildman–Crippen LogP) is 2.42. The van der Waals surface area contributed by atoms with Crippen LogP contribution in [0.2, 0.25) is 0 Å². The number of Topliss-reactive ketones (excluding diaryl/α,β-unsaturated/α-hetero) is 1. The Morgan fingerprint density at radius 2 is 1.81 bits per heavy atom. The van der Waals surface area contributed by atoms with E-state index in [-0.39, 0.29) is 0 Å². The summed E-state index contributed by atoms with van der Waals surface area (Å²) in [4.78, 5) is 24.3. The second kappa shape index (κ2) is 5.91. The van der Waals surface area contributed by atoms with Gasteiger partial charge in [-0.15, -0.1) is 0 Å². The van der Waals surface area contributed by atoms with Gasteiger partial charge in [-0.25, -0.2) is 0 Å². The van der Waals surface area contributed by atoms with Gasteiger partial charge in [0.25, 0.3) is 11.7 Å². The molecule has 110 valence electrons. The van der Waals surface area contributed by atoms with Crippen molar-refractivity contribution in [2.75, 3.05) is 5.32 Å². The van der Waals surface area contributed by atoms with Crippen molar-refractivity contribution in [2.24, 2.45) is 7.05 Å². The number of hydrogen-bond donors (Lipinski definition) is 1. The van der Waals surface area contributed by atoms with Crippen LogP contribution in [0.4, 0.5) is 5.69 Å². The van der Waals surface area contributed by atoms with Crippen molar-refractivity contribution in [3.05, 3.63) is 46.8 Å². The molecule has 0 atom stereocenters. The number of carbonyl (C=O) groups is 2. The van der Waals surface area contributed by atoms with Crippen molar-refractivity contribution >= 4 is 17.4 Å². The number of aryl methyl sites for hydroxylation is 3. The lowest BCUT2D eigenvalue weighted by atomic mass is 10.1. The molecule has 0 spiro atoms. The third kappa shape index (κ3) is 3.02. The average Bonchev–Trinajstić information content (AvgIpc) is 2.72. The van der Waals surface area contributed by atoms with E-state index in [9.17, 15) is 9.59 Å². The Balaban J connectivity index is 2.17. The van der Waals surface area contributed by atoms with Crippen molar-refractivity contribution in [1.82, 2.24) is 9.78 Å². The second-order valence-corrected chi connectivity index (χ2v) is 5.00. The van der Waals surface area contributed by atoms with Crippen LogP contribution in [0.15, 0.2) is 24.3 Å². The van der Waals surface area contributed by atoms with Gasteiger partial charge in [0.2, 0.25) is 0 Å². The van der Waals surface area contributed by atoms with Crippen molar-refractivity contribution in [3.8, 4) is 0 Å². The molecule has 1 amide bonds. The summed E-state index contributed by atoms with van der Waals surface area (Å²) in [5.41, 5.74) is 3.42. The van der Waals surface area contributed by atoms with E-state index in [1.54, 1.807) is 37.7 Å². The minimum Gasteiger partial charge on any atom is -0.319 e. The minimum atomic E-state index is -0.640. The van der Waals surface area contributed by atoms with Crippen molar-refractivity contribution < 1.29 is 9.59 Å². The van der Waals surface area contributed by atoms with E-state index in [4.69, 9.17) is 0 Å². The van der Waals surface area contributed by atoms with Gasteiger partial charge in [-0.3, -0.25) is 14.3 Å². The lowest BCUT2D eigenvalue weighted by Gasteiger charge is -2.05. The van der Waals surface area contributed by atoms with Gasteiger partial charge in [0.1, 0.15) is 0 Å². The van der Waals surface area contributed by atoms with Crippen LogP contribution < -0.4 is 5.32 Å². The number of amides is 1. The molecule has 0 unspecified atom stereocenters. The number of anilines is 1. The van der Waals surface area contributed by atoms with E-state index in [1.807, 2.05) is 12.1 Å². The third-order valence-corrected chi connectivity index (χ3v) is 3.56. The monoisotopic (exact) mass is 285 g/mol. The molecule has 1 heterocycles. The molecule has 1 aromatic carbocycles. The van der Waals surface area contributed by atoms with Gasteiger partial charge in [-0.2, -0.15) is 5.10 Å². The van der Waals surface area contributed by atoms with Gasteiger partial charge >= 0.3 is 0 Å². The van der Waals surface area contributed by atoms with Crippen LogP contribution >= 0.6 is 0 Å². The van der Waals surface area contributed by atoms with E-state index in [2.05, 4.69) is 17.3 Å². The molecular weight excluding hydrogens is 266 g/mol. The first kappa shape index (κ1) is 15.0. The van der Waals surface area contributed by atoms with Crippen LogP contribution in [0.3, 0.4) is 0 Å². The Kier molecular flexibility index (Phi) is 4.21. The highest BCUT2D eigenvalue weighted by Crippen LogP contribution is 2.15. The first-order valence-electron chi connectivity index (χ1n) is 6.88. The molecule has 0 saturated carbocycles. The first-order chi connectivity index (χ1) is 9.93. The Labute approximate surface area is 124 Å². The largest absolute Gasteiger partial charge is 0.319 e. The number of benzene rings is 1. The van der Waals surface area contributed by atoms with Gasteiger partial charge in [0.15, 0.2) is 0 Å². The molecule has 5 heteroatoms. The Morgan fingerprint density at radius 1 is 1.19 bits per heavy atom. The summed E-state index contributed by atoms with van der Waals surface area (Å²) in [5, 5.41) is 6.79. The highest BCUT2D eigenvalue weighted by Gasteiger charge is 2.23. The van der Waals surface area contributed by atoms with E-state index >= 15 is 0 Å². The molecule has 21 heavy (non-hydrogen) atoms. The van der Waals surface area contributed by atoms with E-state index < -0.39 is 11.7 Å². The van der Waals surface area contributed by atoms with E-state index in [0.29, 0.717) is 22.6 Å². The van der Waals surface area contributed by atoms with Gasteiger partial charge in [-0.05, 0) is 38.0 Å². The number of nitrogens with one attached hydrogen (secondary N) is 1. The molecule has 0 fully saturated rings. The fourth-order valence-corrected chi connectivity index (χ4v) is 2.23. The first-order valence-corrected chi connectivity index (χ1v) is 6.88. The maximum absolute atomic E-state index is 12.3. The molecule has 0 aliphatic rings. The van der Waals surface area contributed by atoms with Gasteiger partial charge < -0.3 is 5.32 Å². The molecular formula is C16H19N3O2. The predicted molar refractivity (Wildman–Crippen MR) is 81.5 cm³/mol. The molecule has 2 aromatic rings. The Morgan fingerprint density at radius 3 is 2.29 bits per heavy atom. The van der Waals surface area contributed by atoms with Crippen LogP contribution in [0, 0.1) is 13.8 Å². The highest BCUT2D eigenvalue weighted by atomic mass is 16.2. The molecule has 1 aromatic heterocycles. The molecule has 2 rings (SSSR count). The van der Waals surface area contributed by atoms with E-state index in [1.165, 1.54) is 5.56 Å². The normalized spacial score (nSPS) is 10.5. The minimum absolute atomic E-state index is 0.375. The number of nitrogens with zero attached hydrogens (tertiary/aromatic N) is 2. The fraction of sp³-hybridized carbons (Fsp3) is 0.312. The molecule has 0 aliphatic carbocycles. The summed E-state index contributed by atoms with van der Waals surface area (Å²) in [5.74, 6) is -1.20. The van der Waals surface area contributed by atoms with E-state index in [0.717, 1.165) is 6.42 Å². The van der Waals surface area contributed by atoms with Crippen LogP contribution in [0.25, 0.3) is 0 Å². The fourth-order valence-electron chi connectivity index (χ4n) is 2.23. The summed E-state index contributed by atoms with van der Waals surface area (Å²) < 4.78 is 1.60. The topological polar surface area (TPSA) is 64.0 Å². The number of rotatable bonds is 4. The van der Waals surface area contributed by atoms with Gasteiger partial charge in [-0.1, -0.05) is 19.1 Å². The Bertz CT molecular complexity index is 684. The third-order valence-electron chi connectivity index (χ3n) is 3.56. The zero-order valence-corrected chi connectivity index (χ0v) is 12.7. The summed E-state index contributed by atoms with van der Waals surface area (Å²) in [6.07, 6.45) is 0.932. The van der Waals surface area contributed by atoms with Crippen molar-refractivity contribution in [3.63, 3.8) is 0 Å². The van der Waals surface area contributed by atoms with Crippen LogP contribution in [0.1, 0.15) is 34.2 Å². The second-order valence-electron chi connectivity index (χ2n) is 5.00. The Hall–Kier alpha value is -2.43. The summed E-state index contributed by atoms with van der Waals surface area (Å²) in [6, 6.07) is 7.46. The zero-order valence-electron chi connectivity index (χ0n) is 12.7. The number of aromatic nitrogens is 2. The SMILES string of the molecule is CCc1ccc(NC(=O)C(=O)c2c(C)nn(C)c2C)cc1. The molecule has 5 nitrogen and oxygen atoms in total. The van der Waals surface area contributed by atoms with Crippen LogP contribution in [-0.4, -0.2) is 21.5 Å². The zero-order chi connectivity index (χ0) is 15.6. The van der Waals surface area contributed by atoms with Crippen LogP contribution in [0.5, 0.6) is 0 Å². The van der Waals surface area contributed by atoms with Crippen molar-refractivity contribution in [1.29, 1.82) is 0 Å². The molecule has 0 saturated heterocycles. The van der Waals surface area contributed by atoms with Crippen LogP contribution in [-0.2, 0) is 18.3 Å². The molecule has 1 N–H and O–H groups in total. The average molecular weight is 285 g/mol. The van der Waals surface area contributed by atoms with Gasteiger partial charge in [0, 0.05) is 18.4 Å². The lowest BCUT2D eigenvalue weighted by molar-refractivity contribution is -0.112.